The van der Waals surface area contributed by atoms with Gasteiger partial charge in [0.1, 0.15) is 0 Å². The van der Waals surface area contributed by atoms with Gasteiger partial charge in [0.05, 0.1) is 22.6 Å². The van der Waals surface area contributed by atoms with Gasteiger partial charge in [0.2, 0.25) is 0 Å². The lowest BCUT2D eigenvalue weighted by molar-refractivity contribution is -0.116. The molecular weight excluding hydrogens is 316 g/mol. The Kier molecular flexibility index (Phi) is 4.82. The summed E-state index contributed by atoms with van der Waals surface area (Å²) in [6.07, 6.45) is 4.31. The summed E-state index contributed by atoms with van der Waals surface area (Å²) in [4.78, 5) is 12.6. The van der Waals surface area contributed by atoms with Crippen molar-refractivity contribution in [2.24, 2.45) is 0 Å². The van der Waals surface area contributed by atoms with Crippen molar-refractivity contribution >= 4 is 17.5 Å². The number of dihydropyridines is 1. The Morgan fingerprint density at radius 1 is 1.25 bits per heavy atom. The Bertz CT molecular complexity index is 766. The van der Waals surface area contributed by atoms with Crippen molar-refractivity contribution in [2.75, 3.05) is 6.26 Å². The standard InChI is InChI=1S/C20H22N2OS/c1-12(2)13-7-9-14(10-8-13)18-15(11-21)20(24-3)22-16-5-4-6-17(23)19(16)18/h7-10,12,18,22H,4-6H2,1-3H3/t18-/m0/s1. The van der Waals surface area contributed by atoms with Crippen molar-refractivity contribution in [3.63, 3.8) is 0 Å². The van der Waals surface area contributed by atoms with Gasteiger partial charge in [0.15, 0.2) is 5.78 Å². The van der Waals surface area contributed by atoms with Crippen LogP contribution in [0.3, 0.4) is 0 Å². The van der Waals surface area contributed by atoms with E-state index < -0.39 is 0 Å². The molecule has 0 radical (unpaired) electrons. The summed E-state index contributed by atoms with van der Waals surface area (Å²) in [7, 11) is 0. The SMILES string of the molecule is CSC1=C(C#N)[C@H](c2ccc(C(C)C)cc2)C2=C(CCCC2=O)N1. The lowest BCUT2D eigenvalue weighted by Crippen LogP contribution is -2.31. The van der Waals surface area contributed by atoms with E-state index in [9.17, 15) is 10.1 Å². The first-order valence-corrected chi connectivity index (χ1v) is 9.60. The summed E-state index contributed by atoms with van der Waals surface area (Å²) >= 11 is 1.54. The number of hydrogen-bond acceptors (Lipinski definition) is 4. The highest BCUT2D eigenvalue weighted by Crippen LogP contribution is 2.43. The van der Waals surface area contributed by atoms with Crippen molar-refractivity contribution in [3.8, 4) is 6.07 Å². The number of Topliss-reactive ketones (excluding diaryl/α,β-unsaturated/α-hetero) is 1. The first-order chi connectivity index (χ1) is 11.6. The summed E-state index contributed by atoms with van der Waals surface area (Å²) in [6, 6.07) is 10.7. The molecule has 24 heavy (non-hydrogen) atoms. The van der Waals surface area contributed by atoms with Crippen molar-refractivity contribution in [3.05, 3.63) is 57.3 Å². The largest absolute Gasteiger partial charge is 0.352 e. The molecule has 0 fully saturated rings. The molecule has 0 spiro atoms. The van der Waals surface area contributed by atoms with Gasteiger partial charge in [0, 0.05) is 17.7 Å². The van der Waals surface area contributed by atoms with E-state index in [2.05, 4.69) is 49.5 Å². The number of nitriles is 1. The maximum absolute atomic E-state index is 12.6. The van der Waals surface area contributed by atoms with Crippen LogP contribution >= 0.6 is 11.8 Å². The molecule has 0 amide bonds. The normalized spacial score (nSPS) is 20.8. The smallest absolute Gasteiger partial charge is 0.161 e. The Morgan fingerprint density at radius 3 is 2.54 bits per heavy atom. The molecular formula is C20H22N2OS. The number of rotatable bonds is 3. The Balaban J connectivity index is 2.13. The number of allylic oxidation sites excluding steroid dienone is 3. The van der Waals surface area contributed by atoms with E-state index in [1.54, 1.807) is 11.8 Å². The average molecular weight is 338 g/mol. The van der Waals surface area contributed by atoms with E-state index in [4.69, 9.17) is 0 Å². The monoisotopic (exact) mass is 338 g/mol. The fraction of sp³-hybridized carbons (Fsp3) is 0.400. The van der Waals surface area contributed by atoms with Crippen LogP contribution in [0.2, 0.25) is 0 Å². The minimum atomic E-state index is -0.234. The van der Waals surface area contributed by atoms with Gasteiger partial charge in [-0.05, 0) is 36.1 Å². The van der Waals surface area contributed by atoms with Crippen molar-refractivity contribution in [1.82, 2.24) is 5.32 Å². The Morgan fingerprint density at radius 2 is 1.96 bits per heavy atom. The lowest BCUT2D eigenvalue weighted by Gasteiger charge is -2.33. The van der Waals surface area contributed by atoms with Gasteiger partial charge in [-0.1, -0.05) is 38.1 Å². The first-order valence-electron chi connectivity index (χ1n) is 8.38. The fourth-order valence-electron chi connectivity index (χ4n) is 3.49. The van der Waals surface area contributed by atoms with Gasteiger partial charge >= 0.3 is 0 Å². The van der Waals surface area contributed by atoms with Crippen LogP contribution in [0, 0.1) is 11.3 Å². The zero-order valence-electron chi connectivity index (χ0n) is 14.3. The van der Waals surface area contributed by atoms with E-state index in [1.165, 1.54) is 5.56 Å². The molecule has 0 bridgehead atoms. The minimum absolute atomic E-state index is 0.176. The molecule has 3 nitrogen and oxygen atoms in total. The van der Waals surface area contributed by atoms with E-state index in [-0.39, 0.29) is 11.7 Å². The summed E-state index contributed by atoms with van der Waals surface area (Å²) in [5, 5.41) is 14.0. The number of ketones is 1. The summed E-state index contributed by atoms with van der Waals surface area (Å²) in [6.45, 7) is 4.33. The quantitative estimate of drug-likeness (QED) is 0.875. The predicted octanol–water partition coefficient (Wildman–Crippen LogP) is 4.60. The maximum Gasteiger partial charge on any atom is 0.161 e. The fourth-order valence-corrected chi connectivity index (χ4v) is 4.10. The second-order valence-corrected chi connectivity index (χ2v) is 7.42. The minimum Gasteiger partial charge on any atom is -0.352 e. The highest BCUT2D eigenvalue weighted by atomic mass is 32.2. The van der Waals surface area contributed by atoms with E-state index in [0.717, 1.165) is 34.7 Å². The molecule has 0 saturated heterocycles. The Hall–Kier alpha value is -1.99. The van der Waals surface area contributed by atoms with Crippen LogP contribution in [0.5, 0.6) is 0 Å². The van der Waals surface area contributed by atoms with Gasteiger partial charge in [-0.25, -0.2) is 0 Å². The zero-order valence-corrected chi connectivity index (χ0v) is 15.2. The third kappa shape index (κ3) is 2.89. The van der Waals surface area contributed by atoms with E-state index in [0.29, 0.717) is 17.9 Å². The number of nitrogens with one attached hydrogen (secondary N) is 1. The van der Waals surface area contributed by atoms with Crippen LogP contribution in [0.4, 0.5) is 0 Å². The van der Waals surface area contributed by atoms with E-state index in [1.807, 2.05) is 6.26 Å². The molecule has 1 atom stereocenters. The molecule has 1 aliphatic carbocycles. The zero-order chi connectivity index (χ0) is 17.3. The molecule has 0 unspecified atom stereocenters. The molecule has 1 aliphatic heterocycles. The van der Waals surface area contributed by atoms with Crippen molar-refractivity contribution in [1.29, 1.82) is 5.26 Å². The number of thioether (sulfide) groups is 1. The van der Waals surface area contributed by atoms with Crippen molar-refractivity contribution < 1.29 is 4.79 Å². The molecule has 0 saturated carbocycles. The Labute approximate surface area is 147 Å². The predicted molar refractivity (Wildman–Crippen MR) is 98.4 cm³/mol. The molecule has 4 heteroatoms. The van der Waals surface area contributed by atoms with Crippen LogP contribution in [-0.2, 0) is 4.79 Å². The molecule has 1 N–H and O–H groups in total. The van der Waals surface area contributed by atoms with Gasteiger partial charge in [-0.2, -0.15) is 5.26 Å². The number of nitrogens with zero attached hydrogens (tertiary/aromatic N) is 1. The third-order valence-electron chi connectivity index (χ3n) is 4.80. The topological polar surface area (TPSA) is 52.9 Å². The van der Waals surface area contributed by atoms with Crippen LogP contribution < -0.4 is 5.32 Å². The molecule has 3 rings (SSSR count). The summed E-state index contributed by atoms with van der Waals surface area (Å²) in [5.41, 5.74) is 4.77. The second kappa shape index (κ2) is 6.86. The molecule has 2 aliphatic rings. The number of hydrogen-bond donors (Lipinski definition) is 1. The van der Waals surface area contributed by atoms with Crippen molar-refractivity contribution in [2.45, 2.75) is 44.9 Å². The summed E-state index contributed by atoms with van der Waals surface area (Å²) in [5.74, 6) is 0.406. The third-order valence-corrected chi connectivity index (χ3v) is 5.53. The van der Waals surface area contributed by atoms with Crippen LogP contribution in [-0.4, -0.2) is 12.0 Å². The second-order valence-electron chi connectivity index (χ2n) is 6.61. The molecule has 124 valence electrons. The van der Waals surface area contributed by atoms with Crippen LogP contribution in [0.1, 0.15) is 56.1 Å². The first kappa shape index (κ1) is 16.9. The van der Waals surface area contributed by atoms with Gasteiger partial charge in [-0.3, -0.25) is 4.79 Å². The highest BCUT2D eigenvalue weighted by Gasteiger charge is 2.36. The number of carbonyl (C=O) groups is 1. The number of carbonyl (C=O) groups excluding carboxylic acids is 1. The van der Waals surface area contributed by atoms with Gasteiger partial charge in [0.25, 0.3) is 0 Å². The highest BCUT2D eigenvalue weighted by molar-refractivity contribution is 8.02. The summed E-state index contributed by atoms with van der Waals surface area (Å²) < 4.78 is 0. The molecule has 1 aromatic rings. The van der Waals surface area contributed by atoms with Gasteiger partial charge in [-0.15, -0.1) is 11.8 Å². The van der Waals surface area contributed by atoms with Crippen LogP contribution in [0.25, 0.3) is 0 Å². The number of benzene rings is 1. The molecule has 1 aromatic carbocycles. The van der Waals surface area contributed by atoms with Gasteiger partial charge < -0.3 is 5.32 Å². The molecule has 1 heterocycles. The lowest BCUT2D eigenvalue weighted by atomic mass is 9.76. The van der Waals surface area contributed by atoms with E-state index >= 15 is 0 Å². The molecule has 0 aromatic heterocycles. The average Bonchev–Trinajstić information content (AvgIpc) is 2.60. The van der Waals surface area contributed by atoms with Crippen LogP contribution in [0.15, 0.2) is 46.1 Å². The maximum atomic E-state index is 12.6.